The van der Waals surface area contributed by atoms with Gasteiger partial charge in [0.05, 0.1) is 19.9 Å². The average Bonchev–Trinajstić information content (AvgIpc) is 2.37. The molecule has 0 aromatic heterocycles. The summed E-state index contributed by atoms with van der Waals surface area (Å²) in [5.41, 5.74) is 1.25. The molecule has 0 aliphatic rings. The Kier molecular flexibility index (Phi) is 4.71. The summed E-state index contributed by atoms with van der Waals surface area (Å²) >= 11 is 4.89. The molecule has 0 aliphatic carbocycles. The third-order valence-corrected chi connectivity index (χ3v) is 2.41. The van der Waals surface area contributed by atoms with Crippen LogP contribution < -0.4 is 20.1 Å². The van der Waals surface area contributed by atoms with Gasteiger partial charge in [0.15, 0.2) is 11.5 Å². The van der Waals surface area contributed by atoms with E-state index in [1.165, 1.54) is 26.6 Å². The minimum Gasteiger partial charge on any atom is -0.493 e. The van der Waals surface area contributed by atoms with Crippen LogP contribution in [0.1, 0.15) is 5.56 Å². The summed E-state index contributed by atoms with van der Waals surface area (Å²) < 4.78 is 10.3. The van der Waals surface area contributed by atoms with Crippen LogP contribution in [0.3, 0.4) is 0 Å². The number of carbonyl (C=O) groups is 1. The molecule has 6 heteroatoms. The van der Waals surface area contributed by atoms with Crippen LogP contribution in [0.15, 0.2) is 12.1 Å². The van der Waals surface area contributed by atoms with E-state index in [-0.39, 0.29) is 6.03 Å². The fourth-order valence-electron chi connectivity index (χ4n) is 1.29. The summed E-state index contributed by atoms with van der Waals surface area (Å²) in [6.45, 7) is 0. The largest absolute Gasteiger partial charge is 0.493 e. The number of nitrogens with one attached hydrogen (secondary N) is 2. The van der Waals surface area contributed by atoms with E-state index in [0.717, 1.165) is 0 Å². The van der Waals surface area contributed by atoms with E-state index in [1.807, 2.05) is 0 Å². The number of ether oxygens (including phenoxy) is 2. The first-order valence-electron chi connectivity index (χ1n) is 4.86. The predicted molar refractivity (Wildman–Crippen MR) is 70.4 cm³/mol. The standard InChI is InChI=1S/C11H14N2O3S/c1-12-11(14)13-8-5-10(16-3)9(15-2)4-7(8)6-17/h4-6H,1-3H3,(H2,12,13,14). The summed E-state index contributed by atoms with van der Waals surface area (Å²) in [4.78, 5) is 11.3. The second kappa shape index (κ2) is 6.05. The minimum atomic E-state index is -0.324. The molecule has 1 rings (SSSR count). The number of hydrogen-bond acceptors (Lipinski definition) is 4. The Hall–Kier alpha value is -1.82. The molecule has 0 fully saturated rings. The van der Waals surface area contributed by atoms with E-state index < -0.39 is 0 Å². The Morgan fingerprint density at radius 1 is 1.29 bits per heavy atom. The predicted octanol–water partition coefficient (Wildman–Crippen LogP) is 1.80. The van der Waals surface area contributed by atoms with Gasteiger partial charge in [-0.15, -0.1) is 0 Å². The monoisotopic (exact) mass is 254 g/mol. The summed E-state index contributed by atoms with van der Waals surface area (Å²) in [6.07, 6.45) is 0. The zero-order valence-electron chi connectivity index (χ0n) is 9.87. The highest BCUT2D eigenvalue weighted by Gasteiger charge is 2.11. The van der Waals surface area contributed by atoms with Gasteiger partial charge in [-0.05, 0) is 6.07 Å². The summed E-state index contributed by atoms with van der Waals surface area (Å²) in [7, 11) is 4.60. The molecule has 0 aliphatic heterocycles. The maximum Gasteiger partial charge on any atom is 0.318 e. The fourth-order valence-corrected chi connectivity index (χ4v) is 1.48. The van der Waals surface area contributed by atoms with Crippen LogP contribution >= 0.6 is 12.2 Å². The van der Waals surface area contributed by atoms with Crippen LogP contribution in [-0.4, -0.2) is 32.7 Å². The Labute approximate surface area is 105 Å². The smallest absolute Gasteiger partial charge is 0.318 e. The number of methoxy groups -OCH3 is 2. The molecule has 2 N–H and O–H groups in total. The number of thiocarbonyl (C=S) groups is 1. The Morgan fingerprint density at radius 3 is 2.35 bits per heavy atom. The van der Waals surface area contributed by atoms with E-state index >= 15 is 0 Å². The van der Waals surface area contributed by atoms with Crippen molar-refractivity contribution >= 4 is 29.3 Å². The van der Waals surface area contributed by atoms with Gasteiger partial charge in [0.1, 0.15) is 0 Å². The number of amides is 2. The van der Waals surface area contributed by atoms with Gasteiger partial charge in [0.2, 0.25) is 0 Å². The lowest BCUT2D eigenvalue weighted by Gasteiger charge is -2.13. The Balaban J connectivity index is 3.18. The molecule has 0 bridgehead atoms. The molecule has 0 atom stereocenters. The van der Waals surface area contributed by atoms with Crippen LogP contribution in [0.2, 0.25) is 0 Å². The Morgan fingerprint density at radius 2 is 1.88 bits per heavy atom. The second-order valence-electron chi connectivity index (χ2n) is 3.12. The molecule has 17 heavy (non-hydrogen) atoms. The number of carbonyl (C=O) groups excluding carboxylic acids is 1. The van der Waals surface area contributed by atoms with Gasteiger partial charge >= 0.3 is 6.03 Å². The molecule has 1 aromatic rings. The van der Waals surface area contributed by atoms with Gasteiger partial charge in [-0.2, -0.15) is 0 Å². The summed E-state index contributed by atoms with van der Waals surface area (Å²) in [5, 5.41) is 6.58. The van der Waals surface area contributed by atoms with E-state index in [2.05, 4.69) is 10.6 Å². The molecule has 2 amide bonds. The molecular weight excluding hydrogens is 240 g/mol. The zero-order chi connectivity index (χ0) is 12.8. The molecule has 0 unspecified atom stereocenters. The number of urea groups is 1. The third-order valence-electron chi connectivity index (χ3n) is 2.16. The van der Waals surface area contributed by atoms with Gasteiger partial charge < -0.3 is 20.1 Å². The third kappa shape index (κ3) is 3.07. The van der Waals surface area contributed by atoms with Crippen molar-refractivity contribution < 1.29 is 14.3 Å². The maximum absolute atomic E-state index is 11.3. The number of benzene rings is 1. The number of hydrogen-bond donors (Lipinski definition) is 2. The van der Waals surface area contributed by atoms with Crippen molar-refractivity contribution in [3.05, 3.63) is 17.7 Å². The van der Waals surface area contributed by atoms with Crippen molar-refractivity contribution in [2.24, 2.45) is 0 Å². The molecule has 1 aromatic carbocycles. The zero-order valence-corrected chi connectivity index (χ0v) is 10.7. The van der Waals surface area contributed by atoms with Crippen molar-refractivity contribution in [1.29, 1.82) is 0 Å². The van der Waals surface area contributed by atoms with E-state index in [0.29, 0.717) is 22.7 Å². The molecule has 92 valence electrons. The number of rotatable bonds is 4. The molecule has 0 saturated carbocycles. The average molecular weight is 254 g/mol. The van der Waals surface area contributed by atoms with E-state index in [4.69, 9.17) is 21.7 Å². The molecule has 0 radical (unpaired) electrons. The highest BCUT2D eigenvalue weighted by atomic mass is 32.1. The van der Waals surface area contributed by atoms with E-state index in [9.17, 15) is 4.79 Å². The highest BCUT2D eigenvalue weighted by molar-refractivity contribution is 7.79. The normalized spacial score (nSPS) is 9.35. The summed E-state index contributed by atoms with van der Waals surface area (Å²) in [5.74, 6) is 1.09. The summed E-state index contributed by atoms with van der Waals surface area (Å²) in [6, 6.07) is 3.04. The fraction of sp³-hybridized carbons (Fsp3) is 0.273. The quantitative estimate of drug-likeness (QED) is 0.804. The van der Waals surface area contributed by atoms with Crippen molar-refractivity contribution in [3.63, 3.8) is 0 Å². The minimum absolute atomic E-state index is 0.324. The maximum atomic E-state index is 11.3. The number of anilines is 1. The van der Waals surface area contributed by atoms with Crippen LogP contribution in [0.5, 0.6) is 11.5 Å². The van der Waals surface area contributed by atoms with Gasteiger partial charge in [-0.1, -0.05) is 12.2 Å². The topological polar surface area (TPSA) is 59.6 Å². The molecular formula is C11H14N2O3S. The van der Waals surface area contributed by atoms with Crippen LogP contribution in [0, 0.1) is 0 Å². The molecule has 0 saturated heterocycles. The lowest BCUT2D eigenvalue weighted by atomic mass is 10.1. The SMILES string of the molecule is CNC(=O)Nc1cc(OC)c(OC)cc1C=S. The second-order valence-corrected chi connectivity index (χ2v) is 3.35. The van der Waals surface area contributed by atoms with Crippen LogP contribution in [0.25, 0.3) is 0 Å². The molecule has 0 spiro atoms. The van der Waals surface area contributed by atoms with Crippen molar-refractivity contribution in [3.8, 4) is 11.5 Å². The highest BCUT2D eigenvalue weighted by Crippen LogP contribution is 2.32. The molecule has 0 heterocycles. The first kappa shape index (κ1) is 13.2. The van der Waals surface area contributed by atoms with Gasteiger partial charge in [0, 0.05) is 24.0 Å². The van der Waals surface area contributed by atoms with Crippen molar-refractivity contribution in [2.45, 2.75) is 0 Å². The first-order chi connectivity index (χ1) is 8.15. The lowest BCUT2D eigenvalue weighted by Crippen LogP contribution is -2.25. The van der Waals surface area contributed by atoms with Gasteiger partial charge in [0.25, 0.3) is 0 Å². The van der Waals surface area contributed by atoms with Crippen LogP contribution in [-0.2, 0) is 0 Å². The lowest BCUT2D eigenvalue weighted by molar-refractivity contribution is 0.254. The van der Waals surface area contributed by atoms with Gasteiger partial charge in [-0.3, -0.25) is 0 Å². The van der Waals surface area contributed by atoms with Crippen LogP contribution in [0.4, 0.5) is 10.5 Å². The Bertz CT molecular complexity index is 435. The van der Waals surface area contributed by atoms with E-state index in [1.54, 1.807) is 12.1 Å². The van der Waals surface area contributed by atoms with Gasteiger partial charge in [-0.25, -0.2) is 4.79 Å². The van der Waals surface area contributed by atoms with Crippen molar-refractivity contribution in [2.75, 3.05) is 26.6 Å². The first-order valence-corrected chi connectivity index (χ1v) is 5.33. The molecule has 5 nitrogen and oxygen atoms in total. The van der Waals surface area contributed by atoms with Crippen molar-refractivity contribution in [1.82, 2.24) is 5.32 Å².